The van der Waals surface area contributed by atoms with Crippen molar-refractivity contribution in [3.8, 4) is 5.75 Å². The lowest BCUT2D eigenvalue weighted by molar-refractivity contribution is -0.120. The number of halogens is 1. The number of nitrogens with zero attached hydrogens (tertiary/aromatic N) is 4. The van der Waals surface area contributed by atoms with E-state index in [9.17, 15) is 9.59 Å². The van der Waals surface area contributed by atoms with E-state index in [2.05, 4.69) is 31.4 Å². The van der Waals surface area contributed by atoms with Crippen molar-refractivity contribution in [3.63, 3.8) is 0 Å². The summed E-state index contributed by atoms with van der Waals surface area (Å²) in [5.74, 6) is -0.0781. The van der Waals surface area contributed by atoms with Gasteiger partial charge in [-0.2, -0.15) is 0 Å². The Bertz CT molecular complexity index is 1020. The highest BCUT2D eigenvalue weighted by atomic mass is 79.9. The lowest BCUT2D eigenvalue weighted by Crippen LogP contribution is -2.49. The Balaban J connectivity index is 1.60. The fourth-order valence-electron chi connectivity index (χ4n) is 2.80. The summed E-state index contributed by atoms with van der Waals surface area (Å²) in [7, 11) is 1.65. The van der Waals surface area contributed by atoms with E-state index in [4.69, 9.17) is 4.74 Å². The molecule has 132 valence electrons. The van der Waals surface area contributed by atoms with Crippen LogP contribution in [0.3, 0.4) is 0 Å². The van der Waals surface area contributed by atoms with Gasteiger partial charge in [-0.1, -0.05) is 12.1 Å². The van der Waals surface area contributed by atoms with Gasteiger partial charge in [0, 0.05) is 17.7 Å². The van der Waals surface area contributed by atoms with Gasteiger partial charge in [0.25, 0.3) is 11.8 Å². The summed E-state index contributed by atoms with van der Waals surface area (Å²) in [6.07, 6.45) is 1.69. The van der Waals surface area contributed by atoms with E-state index < -0.39 is 11.9 Å². The van der Waals surface area contributed by atoms with Gasteiger partial charge >= 0.3 is 0 Å². The van der Waals surface area contributed by atoms with Crippen molar-refractivity contribution in [3.05, 3.63) is 52.9 Å². The van der Waals surface area contributed by atoms with E-state index in [1.165, 1.54) is 4.90 Å². The fraction of sp³-hybridized carbons (Fsp3) is 0.176. The SMILES string of the molecule is CN1C(=O)[C@@H](NC(=O)c2nnc3ccc(Br)cn23)COc2ccccc21. The van der Waals surface area contributed by atoms with E-state index in [0.717, 1.165) is 4.47 Å². The maximum atomic E-state index is 12.7. The second kappa shape index (κ2) is 6.41. The summed E-state index contributed by atoms with van der Waals surface area (Å²) >= 11 is 3.35. The summed E-state index contributed by atoms with van der Waals surface area (Å²) in [4.78, 5) is 26.9. The number of nitrogens with one attached hydrogen (secondary N) is 1. The van der Waals surface area contributed by atoms with E-state index in [0.29, 0.717) is 17.1 Å². The monoisotopic (exact) mass is 415 g/mol. The Morgan fingerprint density at radius 2 is 2.08 bits per heavy atom. The van der Waals surface area contributed by atoms with Crippen LogP contribution in [0.5, 0.6) is 5.75 Å². The van der Waals surface area contributed by atoms with Crippen molar-refractivity contribution in [1.82, 2.24) is 19.9 Å². The molecule has 4 rings (SSSR count). The molecule has 0 unspecified atom stereocenters. The number of amides is 2. The Labute approximate surface area is 156 Å². The minimum Gasteiger partial charge on any atom is -0.489 e. The molecule has 1 atom stereocenters. The number of aromatic nitrogens is 3. The number of anilines is 1. The van der Waals surface area contributed by atoms with E-state index in [1.807, 2.05) is 12.1 Å². The molecule has 8 nitrogen and oxygen atoms in total. The van der Waals surface area contributed by atoms with Gasteiger partial charge in [-0.3, -0.25) is 14.0 Å². The van der Waals surface area contributed by atoms with Crippen molar-refractivity contribution in [2.45, 2.75) is 6.04 Å². The zero-order valence-corrected chi connectivity index (χ0v) is 15.3. The number of hydrogen-bond acceptors (Lipinski definition) is 5. The highest BCUT2D eigenvalue weighted by molar-refractivity contribution is 9.10. The Morgan fingerprint density at radius 3 is 2.92 bits per heavy atom. The van der Waals surface area contributed by atoms with Gasteiger partial charge in [0.15, 0.2) is 5.65 Å². The van der Waals surface area contributed by atoms with Crippen LogP contribution in [0.2, 0.25) is 0 Å². The molecule has 1 aliphatic heterocycles. The number of para-hydroxylation sites is 2. The van der Waals surface area contributed by atoms with E-state index >= 15 is 0 Å². The molecule has 0 bridgehead atoms. The minimum absolute atomic E-state index is 0.0341. The summed E-state index contributed by atoms with van der Waals surface area (Å²) < 4.78 is 8.04. The molecule has 0 aliphatic carbocycles. The highest BCUT2D eigenvalue weighted by Crippen LogP contribution is 2.29. The molecule has 3 aromatic rings. The van der Waals surface area contributed by atoms with Crippen molar-refractivity contribution in [2.75, 3.05) is 18.6 Å². The summed E-state index contributed by atoms with van der Waals surface area (Å²) in [5, 5.41) is 10.6. The molecule has 3 heterocycles. The van der Waals surface area contributed by atoms with Crippen LogP contribution < -0.4 is 15.0 Å². The smallest absolute Gasteiger partial charge is 0.290 e. The minimum atomic E-state index is -0.834. The zero-order chi connectivity index (χ0) is 18.3. The maximum absolute atomic E-state index is 12.7. The summed E-state index contributed by atoms with van der Waals surface area (Å²) in [6.45, 7) is 0.0341. The lowest BCUT2D eigenvalue weighted by Gasteiger charge is -2.20. The van der Waals surface area contributed by atoms with Crippen LogP contribution in [-0.4, -0.2) is 46.1 Å². The molecular weight excluding hydrogens is 402 g/mol. The average molecular weight is 416 g/mol. The van der Waals surface area contributed by atoms with Crippen molar-refractivity contribution in [2.24, 2.45) is 0 Å². The first-order valence-corrected chi connectivity index (χ1v) is 8.64. The Kier molecular flexibility index (Phi) is 4.08. The first-order valence-electron chi connectivity index (χ1n) is 7.85. The van der Waals surface area contributed by atoms with Gasteiger partial charge in [0.1, 0.15) is 18.4 Å². The molecule has 26 heavy (non-hydrogen) atoms. The normalized spacial score (nSPS) is 16.8. The first kappa shape index (κ1) is 16.5. The number of carbonyl (C=O) groups excluding carboxylic acids is 2. The van der Waals surface area contributed by atoms with Crippen LogP contribution in [0.1, 0.15) is 10.6 Å². The predicted molar refractivity (Wildman–Crippen MR) is 97.3 cm³/mol. The van der Waals surface area contributed by atoms with Crippen molar-refractivity contribution >= 4 is 39.1 Å². The van der Waals surface area contributed by atoms with Gasteiger partial charge in [-0.05, 0) is 40.2 Å². The van der Waals surface area contributed by atoms with Crippen LogP contribution >= 0.6 is 15.9 Å². The standard InChI is InChI=1S/C17H14BrN5O3/c1-22-12-4-2-3-5-13(12)26-9-11(17(22)25)19-16(24)15-21-20-14-7-6-10(18)8-23(14)15/h2-8,11H,9H2,1H3,(H,19,24)/t11-/m0/s1. The summed E-state index contributed by atoms with van der Waals surface area (Å²) in [5.41, 5.74) is 1.19. The van der Waals surface area contributed by atoms with E-state index in [1.54, 1.807) is 41.9 Å². The van der Waals surface area contributed by atoms with E-state index in [-0.39, 0.29) is 18.3 Å². The molecule has 2 aromatic heterocycles. The van der Waals surface area contributed by atoms with Crippen molar-refractivity contribution in [1.29, 1.82) is 0 Å². The van der Waals surface area contributed by atoms with Crippen LogP contribution in [0.15, 0.2) is 47.1 Å². The van der Waals surface area contributed by atoms with Crippen molar-refractivity contribution < 1.29 is 14.3 Å². The molecule has 0 saturated carbocycles. The average Bonchev–Trinajstić information content (AvgIpc) is 3.02. The van der Waals surface area contributed by atoms with Crippen LogP contribution in [0.4, 0.5) is 5.69 Å². The van der Waals surface area contributed by atoms with Gasteiger partial charge in [0.05, 0.1) is 5.69 Å². The highest BCUT2D eigenvalue weighted by Gasteiger charge is 2.31. The van der Waals surface area contributed by atoms with Crippen LogP contribution in [0, 0.1) is 0 Å². The number of benzene rings is 1. The number of pyridine rings is 1. The summed E-state index contributed by atoms with van der Waals surface area (Å²) in [6, 6.07) is 9.94. The largest absolute Gasteiger partial charge is 0.489 e. The number of hydrogen-bond donors (Lipinski definition) is 1. The van der Waals surface area contributed by atoms with Crippen LogP contribution in [-0.2, 0) is 4.79 Å². The number of rotatable bonds is 2. The molecule has 0 spiro atoms. The molecule has 0 fully saturated rings. The number of fused-ring (bicyclic) bond motifs is 2. The van der Waals surface area contributed by atoms with Gasteiger partial charge in [-0.25, -0.2) is 0 Å². The Hall–Kier alpha value is -2.94. The molecule has 1 aromatic carbocycles. The Morgan fingerprint density at radius 1 is 1.27 bits per heavy atom. The van der Waals surface area contributed by atoms with Gasteiger partial charge in [-0.15, -0.1) is 10.2 Å². The second-order valence-electron chi connectivity index (χ2n) is 5.80. The molecule has 1 N–H and O–H groups in total. The first-order chi connectivity index (χ1) is 12.5. The molecular formula is C17H14BrN5O3. The third kappa shape index (κ3) is 2.80. The predicted octanol–water partition coefficient (Wildman–Crippen LogP) is 1.65. The van der Waals surface area contributed by atoms with Gasteiger partial charge in [0.2, 0.25) is 5.82 Å². The third-order valence-corrected chi connectivity index (χ3v) is 4.60. The maximum Gasteiger partial charge on any atom is 0.290 e. The number of carbonyl (C=O) groups is 2. The molecule has 0 radical (unpaired) electrons. The lowest BCUT2D eigenvalue weighted by atomic mass is 10.2. The number of ether oxygens (including phenoxy) is 1. The quantitative estimate of drug-likeness (QED) is 0.687. The topological polar surface area (TPSA) is 88.8 Å². The third-order valence-electron chi connectivity index (χ3n) is 4.14. The molecule has 9 heteroatoms. The zero-order valence-electron chi connectivity index (χ0n) is 13.7. The fourth-order valence-corrected chi connectivity index (χ4v) is 3.14. The number of likely N-dealkylation sites (N-methyl/N-ethyl adjacent to an activating group) is 1. The molecule has 2 amide bonds. The second-order valence-corrected chi connectivity index (χ2v) is 6.72. The molecule has 0 saturated heterocycles. The molecule has 1 aliphatic rings. The van der Waals surface area contributed by atoms with Crippen LogP contribution in [0.25, 0.3) is 5.65 Å². The van der Waals surface area contributed by atoms with Gasteiger partial charge < -0.3 is 15.0 Å².